The fourth-order valence-corrected chi connectivity index (χ4v) is 0.850. The minimum absolute atomic E-state index is 0.417. The van der Waals surface area contributed by atoms with E-state index in [1.165, 1.54) is 0 Å². The molecular formula is C6H5Cl2N. The third-order valence-electron chi connectivity index (χ3n) is 0.916. The van der Waals surface area contributed by atoms with Crippen LogP contribution in [0.2, 0.25) is 5.02 Å². The van der Waals surface area contributed by atoms with E-state index in [9.17, 15) is 0 Å². The van der Waals surface area contributed by atoms with Crippen LogP contribution in [0, 0.1) is 0 Å². The van der Waals surface area contributed by atoms with Crippen molar-refractivity contribution in [3.05, 3.63) is 29.0 Å². The minimum atomic E-state index is 0.417. The summed E-state index contributed by atoms with van der Waals surface area (Å²) in [6, 6.07) is 3.46. The molecule has 0 aliphatic heterocycles. The average Bonchev–Trinajstić information content (AvgIpc) is 1.88. The summed E-state index contributed by atoms with van der Waals surface area (Å²) in [7, 11) is 0. The Balaban J connectivity index is 2.94. The molecule has 48 valence electrons. The Bertz CT molecular complexity index is 200. The zero-order valence-corrected chi connectivity index (χ0v) is 6.15. The van der Waals surface area contributed by atoms with Crippen LogP contribution in [-0.4, -0.2) is 4.98 Å². The summed E-state index contributed by atoms with van der Waals surface area (Å²) < 4.78 is 0. The molecule has 1 aromatic heterocycles. The molecule has 0 saturated carbocycles. The highest BCUT2D eigenvalue weighted by Gasteiger charge is 1.90. The highest BCUT2D eigenvalue weighted by atomic mass is 35.5. The van der Waals surface area contributed by atoms with Gasteiger partial charge in [-0.3, -0.25) is 4.98 Å². The smallest absolute Gasteiger partial charge is 0.0647 e. The Hall–Kier alpha value is -0.270. The molecule has 3 heteroatoms. The van der Waals surface area contributed by atoms with E-state index in [1.54, 1.807) is 18.3 Å². The van der Waals surface area contributed by atoms with E-state index in [0.717, 1.165) is 5.69 Å². The van der Waals surface area contributed by atoms with Crippen LogP contribution < -0.4 is 0 Å². The molecule has 1 aromatic rings. The van der Waals surface area contributed by atoms with Gasteiger partial charge in [0.15, 0.2) is 0 Å². The van der Waals surface area contributed by atoms with Gasteiger partial charge in [0, 0.05) is 11.2 Å². The highest BCUT2D eigenvalue weighted by Crippen LogP contribution is 2.08. The van der Waals surface area contributed by atoms with Crippen molar-refractivity contribution in [3.8, 4) is 0 Å². The van der Waals surface area contributed by atoms with Gasteiger partial charge in [-0.25, -0.2) is 0 Å². The van der Waals surface area contributed by atoms with Crippen molar-refractivity contribution in [1.82, 2.24) is 4.98 Å². The molecule has 9 heavy (non-hydrogen) atoms. The molecule has 1 heterocycles. The second-order valence-electron chi connectivity index (χ2n) is 1.60. The molecular weight excluding hydrogens is 157 g/mol. The average molecular weight is 162 g/mol. The summed E-state index contributed by atoms with van der Waals surface area (Å²) in [5.74, 6) is 0.417. The van der Waals surface area contributed by atoms with Gasteiger partial charge >= 0.3 is 0 Å². The normalized spacial score (nSPS) is 9.56. The van der Waals surface area contributed by atoms with Crippen molar-refractivity contribution in [2.45, 2.75) is 5.88 Å². The van der Waals surface area contributed by atoms with Gasteiger partial charge in [-0.2, -0.15) is 0 Å². The molecule has 0 radical (unpaired) electrons. The first kappa shape index (κ1) is 6.84. The fourth-order valence-electron chi connectivity index (χ4n) is 0.522. The number of hydrogen-bond donors (Lipinski definition) is 0. The van der Waals surface area contributed by atoms with Crippen molar-refractivity contribution in [1.29, 1.82) is 0 Å². The lowest BCUT2D eigenvalue weighted by molar-refractivity contribution is 1.17. The van der Waals surface area contributed by atoms with Gasteiger partial charge < -0.3 is 0 Å². The molecule has 0 amide bonds. The third kappa shape index (κ3) is 1.84. The summed E-state index contributed by atoms with van der Waals surface area (Å²) in [4.78, 5) is 3.94. The first-order valence-electron chi connectivity index (χ1n) is 2.49. The van der Waals surface area contributed by atoms with E-state index in [0.29, 0.717) is 10.9 Å². The van der Waals surface area contributed by atoms with Crippen LogP contribution in [-0.2, 0) is 5.88 Å². The lowest BCUT2D eigenvalue weighted by Crippen LogP contribution is -1.81. The van der Waals surface area contributed by atoms with E-state index in [2.05, 4.69) is 4.98 Å². The molecule has 0 aliphatic carbocycles. The number of nitrogens with zero attached hydrogens (tertiary/aromatic N) is 1. The predicted molar refractivity (Wildman–Crippen MR) is 38.8 cm³/mol. The molecule has 0 fully saturated rings. The molecule has 0 saturated heterocycles. The Labute approximate surface area is 63.6 Å². The maximum atomic E-state index is 5.62. The van der Waals surface area contributed by atoms with Crippen molar-refractivity contribution in [2.24, 2.45) is 0 Å². The van der Waals surface area contributed by atoms with Gasteiger partial charge in [-0.05, 0) is 12.1 Å². The fraction of sp³-hybridized carbons (Fsp3) is 0.167. The molecule has 0 unspecified atom stereocenters. The number of alkyl halides is 1. The zero-order valence-electron chi connectivity index (χ0n) is 4.64. The van der Waals surface area contributed by atoms with Crippen LogP contribution in [0.3, 0.4) is 0 Å². The summed E-state index contributed by atoms with van der Waals surface area (Å²) in [5.41, 5.74) is 0.809. The second-order valence-corrected chi connectivity index (χ2v) is 2.30. The standard InChI is InChI=1S/C6H5Cl2N/c7-4-6-3-5(8)1-2-9-6/h1-3H,4H2. The predicted octanol–water partition coefficient (Wildman–Crippen LogP) is 2.47. The van der Waals surface area contributed by atoms with Gasteiger partial charge in [-0.1, -0.05) is 11.6 Å². The molecule has 0 N–H and O–H groups in total. The monoisotopic (exact) mass is 161 g/mol. The summed E-state index contributed by atoms with van der Waals surface area (Å²) in [5, 5.41) is 0.681. The maximum Gasteiger partial charge on any atom is 0.0647 e. The van der Waals surface area contributed by atoms with Crippen LogP contribution in [0.25, 0.3) is 0 Å². The van der Waals surface area contributed by atoms with Crippen LogP contribution in [0.1, 0.15) is 5.69 Å². The molecule has 0 aromatic carbocycles. The lowest BCUT2D eigenvalue weighted by Gasteiger charge is -1.91. The van der Waals surface area contributed by atoms with E-state index in [4.69, 9.17) is 23.2 Å². The molecule has 0 spiro atoms. The van der Waals surface area contributed by atoms with Gasteiger partial charge in [-0.15, -0.1) is 11.6 Å². The first-order valence-corrected chi connectivity index (χ1v) is 3.40. The maximum absolute atomic E-state index is 5.62. The Kier molecular flexibility index (Phi) is 2.31. The van der Waals surface area contributed by atoms with E-state index in [-0.39, 0.29) is 0 Å². The Morgan fingerprint density at radius 1 is 1.56 bits per heavy atom. The molecule has 0 bridgehead atoms. The number of rotatable bonds is 1. The molecule has 0 atom stereocenters. The number of pyridine rings is 1. The Morgan fingerprint density at radius 2 is 2.33 bits per heavy atom. The van der Waals surface area contributed by atoms with Crippen LogP contribution in [0.4, 0.5) is 0 Å². The van der Waals surface area contributed by atoms with E-state index < -0.39 is 0 Å². The quantitative estimate of drug-likeness (QED) is 0.578. The highest BCUT2D eigenvalue weighted by molar-refractivity contribution is 6.30. The number of aromatic nitrogens is 1. The largest absolute Gasteiger partial charge is 0.260 e. The summed E-state index contributed by atoms with van der Waals surface area (Å²) >= 11 is 11.1. The van der Waals surface area contributed by atoms with Gasteiger partial charge in [0.1, 0.15) is 0 Å². The summed E-state index contributed by atoms with van der Waals surface area (Å²) in [6.45, 7) is 0. The van der Waals surface area contributed by atoms with Gasteiger partial charge in [0.2, 0.25) is 0 Å². The van der Waals surface area contributed by atoms with Crippen molar-refractivity contribution >= 4 is 23.2 Å². The van der Waals surface area contributed by atoms with Gasteiger partial charge in [0.05, 0.1) is 11.6 Å². The van der Waals surface area contributed by atoms with Crippen LogP contribution >= 0.6 is 23.2 Å². The lowest BCUT2D eigenvalue weighted by atomic mass is 10.4. The number of halogens is 2. The van der Waals surface area contributed by atoms with Gasteiger partial charge in [0.25, 0.3) is 0 Å². The Morgan fingerprint density at radius 3 is 2.78 bits per heavy atom. The SMILES string of the molecule is ClCc1cc(Cl)ccn1. The van der Waals surface area contributed by atoms with E-state index in [1.807, 2.05) is 0 Å². The first-order chi connectivity index (χ1) is 4.33. The zero-order chi connectivity index (χ0) is 6.69. The minimum Gasteiger partial charge on any atom is -0.260 e. The molecule has 1 rings (SSSR count). The van der Waals surface area contributed by atoms with Crippen molar-refractivity contribution in [3.63, 3.8) is 0 Å². The molecule has 0 aliphatic rings. The van der Waals surface area contributed by atoms with Crippen LogP contribution in [0.5, 0.6) is 0 Å². The van der Waals surface area contributed by atoms with Crippen molar-refractivity contribution < 1.29 is 0 Å². The summed E-state index contributed by atoms with van der Waals surface area (Å²) in [6.07, 6.45) is 1.64. The number of hydrogen-bond acceptors (Lipinski definition) is 1. The molecule has 1 nitrogen and oxygen atoms in total. The third-order valence-corrected chi connectivity index (χ3v) is 1.42. The van der Waals surface area contributed by atoms with E-state index >= 15 is 0 Å². The topological polar surface area (TPSA) is 12.9 Å². The second kappa shape index (κ2) is 3.04. The van der Waals surface area contributed by atoms with Crippen molar-refractivity contribution in [2.75, 3.05) is 0 Å². The van der Waals surface area contributed by atoms with Crippen LogP contribution in [0.15, 0.2) is 18.3 Å².